The number of likely N-dealkylation sites (tertiary alicyclic amines) is 1. The van der Waals surface area contributed by atoms with Crippen molar-refractivity contribution in [3.63, 3.8) is 0 Å². The van der Waals surface area contributed by atoms with Crippen molar-refractivity contribution in [2.45, 2.75) is 18.9 Å². The van der Waals surface area contributed by atoms with Gasteiger partial charge in [-0.1, -0.05) is 6.07 Å². The largest absolute Gasteiger partial charge is 0.493 e. The SMILES string of the molecule is COc1cccc(C(=O)N2CCCC2C(=O)N(C)C)c1OC. The second kappa shape index (κ2) is 6.68. The highest BCUT2D eigenvalue weighted by atomic mass is 16.5. The molecule has 0 saturated carbocycles. The van der Waals surface area contributed by atoms with E-state index < -0.39 is 6.04 Å². The van der Waals surface area contributed by atoms with Gasteiger partial charge < -0.3 is 19.3 Å². The summed E-state index contributed by atoms with van der Waals surface area (Å²) in [6.45, 7) is 0.573. The van der Waals surface area contributed by atoms with Crippen LogP contribution in [0.15, 0.2) is 18.2 Å². The van der Waals surface area contributed by atoms with Gasteiger partial charge in [0, 0.05) is 20.6 Å². The van der Waals surface area contributed by atoms with Crippen LogP contribution in [0, 0.1) is 0 Å². The van der Waals surface area contributed by atoms with Crippen LogP contribution in [0.1, 0.15) is 23.2 Å². The number of likely N-dealkylation sites (N-methyl/N-ethyl adjacent to an activating group) is 1. The number of hydrogen-bond donors (Lipinski definition) is 0. The highest BCUT2D eigenvalue weighted by Crippen LogP contribution is 2.33. The highest BCUT2D eigenvalue weighted by molar-refractivity contribution is 6.00. The molecule has 0 radical (unpaired) electrons. The van der Waals surface area contributed by atoms with Gasteiger partial charge in [-0.3, -0.25) is 9.59 Å². The van der Waals surface area contributed by atoms with Gasteiger partial charge in [0.05, 0.1) is 19.8 Å². The number of para-hydroxylation sites is 1. The lowest BCUT2D eigenvalue weighted by Gasteiger charge is -2.27. The minimum absolute atomic E-state index is 0.0484. The molecule has 6 nitrogen and oxygen atoms in total. The summed E-state index contributed by atoms with van der Waals surface area (Å²) in [6, 6.07) is 4.77. The summed E-state index contributed by atoms with van der Waals surface area (Å²) in [7, 11) is 6.44. The molecule has 2 rings (SSSR count). The normalized spacial score (nSPS) is 17.3. The Kier molecular flexibility index (Phi) is 4.90. The topological polar surface area (TPSA) is 59.1 Å². The lowest BCUT2D eigenvalue weighted by molar-refractivity contribution is -0.132. The summed E-state index contributed by atoms with van der Waals surface area (Å²) in [6.07, 6.45) is 1.51. The molecule has 0 aromatic heterocycles. The smallest absolute Gasteiger partial charge is 0.258 e. The van der Waals surface area contributed by atoms with Crippen LogP contribution in [0.4, 0.5) is 0 Å². The van der Waals surface area contributed by atoms with Crippen LogP contribution in [0.5, 0.6) is 11.5 Å². The van der Waals surface area contributed by atoms with Gasteiger partial charge in [0.15, 0.2) is 11.5 Å². The summed E-state index contributed by atoms with van der Waals surface area (Å²) < 4.78 is 10.6. The van der Waals surface area contributed by atoms with Crippen molar-refractivity contribution in [1.29, 1.82) is 0 Å². The van der Waals surface area contributed by atoms with Crippen LogP contribution in [-0.2, 0) is 4.79 Å². The van der Waals surface area contributed by atoms with Gasteiger partial charge in [-0.15, -0.1) is 0 Å². The molecule has 0 aliphatic carbocycles. The van der Waals surface area contributed by atoms with Gasteiger partial charge in [-0.05, 0) is 25.0 Å². The summed E-state index contributed by atoms with van der Waals surface area (Å²) in [4.78, 5) is 28.2. The molecule has 1 fully saturated rings. The minimum atomic E-state index is -0.404. The maximum atomic E-state index is 12.9. The Morgan fingerprint density at radius 2 is 1.95 bits per heavy atom. The molecule has 6 heteroatoms. The molecule has 1 unspecified atom stereocenters. The zero-order valence-corrected chi connectivity index (χ0v) is 13.5. The predicted octanol–water partition coefficient (Wildman–Crippen LogP) is 1.40. The lowest BCUT2D eigenvalue weighted by atomic mass is 10.1. The maximum Gasteiger partial charge on any atom is 0.258 e. The quantitative estimate of drug-likeness (QED) is 0.843. The Bertz CT molecular complexity index is 571. The van der Waals surface area contributed by atoms with E-state index in [1.807, 2.05) is 0 Å². The first-order valence-electron chi connectivity index (χ1n) is 7.24. The third-order valence-corrected chi connectivity index (χ3v) is 3.87. The molecular formula is C16H22N2O4. The van der Waals surface area contributed by atoms with Crippen molar-refractivity contribution in [3.05, 3.63) is 23.8 Å². The Morgan fingerprint density at radius 1 is 1.23 bits per heavy atom. The van der Waals surface area contributed by atoms with Crippen LogP contribution in [-0.4, -0.2) is 62.5 Å². The first-order chi connectivity index (χ1) is 10.5. The van der Waals surface area contributed by atoms with Crippen LogP contribution in [0.2, 0.25) is 0 Å². The van der Waals surface area contributed by atoms with Crippen LogP contribution >= 0.6 is 0 Å². The molecule has 0 N–H and O–H groups in total. The molecule has 0 spiro atoms. The molecule has 1 saturated heterocycles. The van der Waals surface area contributed by atoms with Gasteiger partial charge in [0.2, 0.25) is 5.91 Å². The molecule has 1 aliphatic heterocycles. The third-order valence-electron chi connectivity index (χ3n) is 3.87. The molecule has 1 aliphatic rings. The van der Waals surface area contributed by atoms with E-state index in [1.165, 1.54) is 19.1 Å². The van der Waals surface area contributed by atoms with Crippen LogP contribution in [0.25, 0.3) is 0 Å². The number of ether oxygens (including phenoxy) is 2. The van der Waals surface area contributed by atoms with E-state index in [2.05, 4.69) is 0 Å². The van der Waals surface area contributed by atoms with Gasteiger partial charge in [0.1, 0.15) is 6.04 Å². The van der Waals surface area contributed by atoms with Gasteiger partial charge in [-0.2, -0.15) is 0 Å². The highest BCUT2D eigenvalue weighted by Gasteiger charge is 2.36. The Balaban J connectivity index is 2.33. The first kappa shape index (κ1) is 16.1. The zero-order valence-electron chi connectivity index (χ0n) is 13.5. The molecule has 1 aromatic rings. The summed E-state index contributed by atoms with van der Waals surface area (Å²) in [5, 5.41) is 0. The van der Waals surface area contributed by atoms with Crippen molar-refractivity contribution >= 4 is 11.8 Å². The summed E-state index contributed by atoms with van der Waals surface area (Å²) >= 11 is 0. The van der Waals surface area contributed by atoms with Crippen molar-refractivity contribution in [1.82, 2.24) is 9.80 Å². The fourth-order valence-electron chi connectivity index (χ4n) is 2.77. The zero-order chi connectivity index (χ0) is 16.3. The predicted molar refractivity (Wildman–Crippen MR) is 82.3 cm³/mol. The monoisotopic (exact) mass is 306 g/mol. The molecule has 1 atom stereocenters. The van der Waals surface area contributed by atoms with E-state index in [9.17, 15) is 9.59 Å². The second-order valence-electron chi connectivity index (χ2n) is 5.43. The number of amides is 2. The third kappa shape index (κ3) is 2.86. The van der Waals surface area contributed by atoms with Crippen molar-refractivity contribution < 1.29 is 19.1 Å². The van der Waals surface area contributed by atoms with Gasteiger partial charge >= 0.3 is 0 Å². The van der Waals surface area contributed by atoms with Crippen molar-refractivity contribution in [3.8, 4) is 11.5 Å². The van der Waals surface area contributed by atoms with Crippen LogP contribution < -0.4 is 9.47 Å². The molecule has 2 amide bonds. The average molecular weight is 306 g/mol. The van der Waals surface area contributed by atoms with Crippen molar-refractivity contribution in [2.75, 3.05) is 34.9 Å². The standard InChI is InChI=1S/C16H22N2O4/c1-17(2)16(20)12-8-6-10-18(12)15(19)11-7-5-9-13(21-3)14(11)22-4/h5,7,9,12H,6,8,10H2,1-4H3. The van der Waals surface area contributed by atoms with E-state index >= 15 is 0 Å². The minimum Gasteiger partial charge on any atom is -0.493 e. The van der Waals surface area contributed by atoms with E-state index in [0.29, 0.717) is 30.0 Å². The molecule has 1 heterocycles. The fraction of sp³-hybridized carbons (Fsp3) is 0.500. The Morgan fingerprint density at radius 3 is 2.55 bits per heavy atom. The lowest BCUT2D eigenvalue weighted by Crippen LogP contribution is -2.45. The van der Waals surface area contributed by atoms with E-state index in [0.717, 1.165) is 6.42 Å². The number of rotatable bonds is 4. The molecular weight excluding hydrogens is 284 g/mol. The van der Waals surface area contributed by atoms with Crippen LogP contribution in [0.3, 0.4) is 0 Å². The summed E-state index contributed by atoms with van der Waals surface area (Å²) in [5.41, 5.74) is 0.417. The Labute approximate surface area is 130 Å². The number of benzene rings is 1. The second-order valence-corrected chi connectivity index (χ2v) is 5.43. The first-order valence-corrected chi connectivity index (χ1v) is 7.24. The molecule has 120 valence electrons. The van der Waals surface area contributed by atoms with E-state index in [4.69, 9.17) is 9.47 Å². The fourth-order valence-corrected chi connectivity index (χ4v) is 2.77. The Hall–Kier alpha value is -2.24. The molecule has 1 aromatic carbocycles. The van der Waals surface area contributed by atoms with Gasteiger partial charge in [-0.25, -0.2) is 0 Å². The summed E-state index contributed by atoms with van der Waals surface area (Å²) in [5.74, 6) is 0.655. The van der Waals surface area contributed by atoms with Gasteiger partial charge in [0.25, 0.3) is 5.91 Å². The number of nitrogens with zero attached hydrogens (tertiary/aromatic N) is 2. The molecule has 22 heavy (non-hydrogen) atoms. The van der Waals surface area contributed by atoms with Crippen molar-refractivity contribution in [2.24, 2.45) is 0 Å². The molecule has 0 bridgehead atoms. The van der Waals surface area contributed by atoms with E-state index in [1.54, 1.807) is 37.2 Å². The maximum absolute atomic E-state index is 12.9. The number of carbonyl (C=O) groups excluding carboxylic acids is 2. The average Bonchev–Trinajstić information content (AvgIpc) is 3.01. The number of carbonyl (C=O) groups is 2. The van der Waals surface area contributed by atoms with E-state index in [-0.39, 0.29) is 11.8 Å². The number of hydrogen-bond acceptors (Lipinski definition) is 4. The number of methoxy groups -OCH3 is 2.